The second-order valence-electron chi connectivity index (χ2n) is 6.58. The van der Waals surface area contributed by atoms with Gasteiger partial charge in [0.25, 0.3) is 0 Å². The zero-order chi connectivity index (χ0) is 22.0. The fraction of sp³-hybridized carbons (Fsp3) is 0.0952. The minimum absolute atomic E-state index is 0.271. The Labute approximate surface area is 191 Å². The van der Waals surface area contributed by atoms with Gasteiger partial charge < -0.3 is 15.4 Å². The van der Waals surface area contributed by atoms with Gasteiger partial charge in [0.2, 0.25) is 0 Å². The number of fused-ring (bicyclic) bond motifs is 1. The molecule has 31 heavy (non-hydrogen) atoms. The number of hydrogen-bond donors (Lipinski definition) is 2. The van der Waals surface area contributed by atoms with Gasteiger partial charge in [-0.05, 0) is 48.1 Å². The summed E-state index contributed by atoms with van der Waals surface area (Å²) in [5.41, 5.74) is 2.40. The maximum absolute atomic E-state index is 13.0. The van der Waals surface area contributed by atoms with Crippen molar-refractivity contribution in [3.63, 3.8) is 0 Å². The van der Waals surface area contributed by atoms with E-state index in [0.29, 0.717) is 27.2 Å². The third-order valence-corrected chi connectivity index (χ3v) is 6.25. The van der Waals surface area contributed by atoms with Crippen molar-refractivity contribution in [1.29, 1.82) is 0 Å². The number of methoxy groups -OCH3 is 1. The Morgan fingerprint density at radius 1 is 1.23 bits per heavy atom. The van der Waals surface area contributed by atoms with E-state index in [2.05, 4.69) is 15.7 Å². The molecule has 2 aromatic heterocycles. The van der Waals surface area contributed by atoms with Crippen LogP contribution in [-0.2, 0) is 11.3 Å². The molecule has 0 saturated heterocycles. The summed E-state index contributed by atoms with van der Waals surface area (Å²) in [6.45, 7) is 0.514. The smallest absolute Gasteiger partial charge is 0.349 e. The Bertz CT molecular complexity index is 1270. The summed E-state index contributed by atoms with van der Waals surface area (Å²) >= 11 is 12.9. The third kappa shape index (κ3) is 4.84. The van der Waals surface area contributed by atoms with Crippen molar-refractivity contribution in [1.82, 2.24) is 9.78 Å². The first kappa shape index (κ1) is 21.2. The molecule has 0 radical (unpaired) electrons. The number of esters is 1. The number of rotatable bonds is 5. The monoisotopic (exact) mass is 474 g/mol. The minimum Gasteiger partial charge on any atom is -0.465 e. The van der Waals surface area contributed by atoms with E-state index in [1.54, 1.807) is 23.0 Å². The molecule has 0 atom stereocenters. The fourth-order valence-electron chi connectivity index (χ4n) is 2.95. The van der Waals surface area contributed by atoms with Crippen molar-refractivity contribution in [2.45, 2.75) is 6.54 Å². The molecule has 0 aliphatic rings. The Morgan fingerprint density at radius 3 is 2.71 bits per heavy atom. The first-order valence-electron chi connectivity index (χ1n) is 9.08. The lowest BCUT2D eigenvalue weighted by atomic mass is 10.2. The first-order valence-corrected chi connectivity index (χ1v) is 10.7. The van der Waals surface area contributed by atoms with Gasteiger partial charge in [0.1, 0.15) is 10.7 Å². The Balaban J connectivity index is 1.41. The van der Waals surface area contributed by atoms with E-state index in [1.807, 2.05) is 24.4 Å². The standard InChI is InChI=1S/C21H16ClFN4O2S2/c1-29-20(28)19-18(22)16-7-6-14(8-17(16)31-19)25-21(30)26-15-9-24-27(11-15)10-12-2-4-13(23)5-3-12/h2-9,11H,10H2,1H3,(H2,25,26,30). The number of aromatic nitrogens is 2. The molecule has 0 bridgehead atoms. The summed E-state index contributed by atoms with van der Waals surface area (Å²) in [6.07, 6.45) is 3.46. The van der Waals surface area contributed by atoms with Crippen molar-refractivity contribution < 1.29 is 13.9 Å². The number of thiophene rings is 1. The highest BCUT2D eigenvalue weighted by molar-refractivity contribution is 7.80. The minimum atomic E-state index is -0.462. The molecule has 4 rings (SSSR count). The summed E-state index contributed by atoms with van der Waals surface area (Å²) in [5.74, 6) is -0.733. The van der Waals surface area contributed by atoms with Gasteiger partial charge in [-0.25, -0.2) is 9.18 Å². The summed E-state index contributed by atoms with van der Waals surface area (Å²) in [6, 6.07) is 11.8. The van der Waals surface area contributed by atoms with Crippen LogP contribution in [0.4, 0.5) is 15.8 Å². The van der Waals surface area contributed by atoms with E-state index in [4.69, 9.17) is 28.6 Å². The second-order valence-corrected chi connectivity index (χ2v) is 8.42. The number of benzene rings is 2. The molecule has 0 spiro atoms. The highest BCUT2D eigenvalue weighted by Gasteiger charge is 2.17. The van der Waals surface area contributed by atoms with Gasteiger partial charge in [0.15, 0.2) is 5.11 Å². The number of anilines is 2. The number of halogens is 2. The van der Waals surface area contributed by atoms with Crippen LogP contribution in [0.1, 0.15) is 15.2 Å². The number of hydrogen-bond acceptors (Lipinski definition) is 5. The predicted molar refractivity (Wildman–Crippen MR) is 126 cm³/mol. The SMILES string of the molecule is COC(=O)c1sc2cc(NC(=S)Nc3cnn(Cc4ccc(F)cc4)c3)ccc2c1Cl. The maximum Gasteiger partial charge on any atom is 0.349 e. The largest absolute Gasteiger partial charge is 0.465 e. The van der Waals surface area contributed by atoms with Crippen LogP contribution >= 0.6 is 35.2 Å². The summed E-state index contributed by atoms with van der Waals surface area (Å²) in [4.78, 5) is 12.2. The number of ether oxygens (including phenoxy) is 1. The van der Waals surface area contributed by atoms with E-state index in [-0.39, 0.29) is 5.82 Å². The fourth-order valence-corrected chi connectivity index (χ4v) is 4.65. The van der Waals surface area contributed by atoms with E-state index >= 15 is 0 Å². The van der Waals surface area contributed by atoms with Crippen molar-refractivity contribution in [3.8, 4) is 0 Å². The summed E-state index contributed by atoms with van der Waals surface area (Å²) < 4.78 is 20.4. The second kappa shape index (κ2) is 9.01. The normalized spacial score (nSPS) is 10.8. The molecule has 6 nitrogen and oxygen atoms in total. The lowest BCUT2D eigenvalue weighted by Crippen LogP contribution is -2.18. The molecule has 10 heteroatoms. The molecule has 0 aliphatic heterocycles. The zero-order valence-electron chi connectivity index (χ0n) is 16.2. The molecule has 0 fully saturated rings. The van der Waals surface area contributed by atoms with Gasteiger partial charge in [-0.2, -0.15) is 5.10 Å². The molecule has 0 aliphatic carbocycles. The highest BCUT2D eigenvalue weighted by atomic mass is 35.5. The van der Waals surface area contributed by atoms with Gasteiger partial charge >= 0.3 is 5.97 Å². The summed E-state index contributed by atoms with van der Waals surface area (Å²) in [7, 11) is 1.32. The van der Waals surface area contributed by atoms with Gasteiger partial charge in [-0.15, -0.1) is 11.3 Å². The van der Waals surface area contributed by atoms with Crippen molar-refractivity contribution in [2.75, 3.05) is 17.7 Å². The van der Waals surface area contributed by atoms with Crippen LogP contribution in [-0.4, -0.2) is 28.0 Å². The van der Waals surface area contributed by atoms with Crippen LogP contribution in [0, 0.1) is 5.82 Å². The Morgan fingerprint density at radius 2 is 1.97 bits per heavy atom. The van der Waals surface area contributed by atoms with Crippen LogP contribution in [0.25, 0.3) is 10.1 Å². The van der Waals surface area contributed by atoms with E-state index in [1.165, 1.54) is 30.6 Å². The quantitative estimate of drug-likeness (QED) is 0.292. The molecule has 158 valence electrons. The molecule has 2 heterocycles. The summed E-state index contributed by atoms with van der Waals surface area (Å²) in [5, 5.41) is 12.0. The van der Waals surface area contributed by atoms with Crippen molar-refractivity contribution in [2.24, 2.45) is 0 Å². The van der Waals surface area contributed by atoms with E-state index in [9.17, 15) is 9.18 Å². The average molecular weight is 475 g/mol. The predicted octanol–water partition coefficient (Wildman–Crippen LogP) is 5.53. The molecule has 2 N–H and O–H groups in total. The zero-order valence-corrected chi connectivity index (χ0v) is 18.6. The molecule has 0 unspecified atom stereocenters. The van der Waals surface area contributed by atoms with Gasteiger partial charge in [-0.1, -0.05) is 23.7 Å². The van der Waals surface area contributed by atoms with E-state index < -0.39 is 5.97 Å². The van der Waals surface area contributed by atoms with E-state index in [0.717, 1.165) is 21.3 Å². The number of thiocarbonyl (C=S) groups is 1. The van der Waals surface area contributed by atoms with Crippen LogP contribution in [0.2, 0.25) is 5.02 Å². The topological polar surface area (TPSA) is 68.2 Å². The van der Waals surface area contributed by atoms with Gasteiger partial charge in [-0.3, -0.25) is 4.68 Å². The van der Waals surface area contributed by atoms with Gasteiger partial charge in [0, 0.05) is 22.0 Å². The van der Waals surface area contributed by atoms with Crippen LogP contribution in [0.15, 0.2) is 54.9 Å². The van der Waals surface area contributed by atoms with Gasteiger partial charge in [0.05, 0.1) is 30.6 Å². The number of nitrogens with one attached hydrogen (secondary N) is 2. The number of carbonyl (C=O) groups excluding carboxylic acids is 1. The number of carbonyl (C=O) groups is 1. The Kier molecular flexibility index (Phi) is 6.17. The maximum atomic E-state index is 13.0. The molecule has 2 aromatic carbocycles. The molecule has 0 amide bonds. The molecule has 4 aromatic rings. The first-order chi connectivity index (χ1) is 14.9. The third-order valence-electron chi connectivity index (χ3n) is 4.41. The van der Waals surface area contributed by atoms with Crippen molar-refractivity contribution in [3.05, 3.63) is 76.1 Å². The average Bonchev–Trinajstić information content (AvgIpc) is 3.32. The Hall–Kier alpha value is -3.01. The lowest BCUT2D eigenvalue weighted by molar-refractivity contribution is 0.0606. The van der Waals surface area contributed by atoms with Crippen LogP contribution < -0.4 is 10.6 Å². The van der Waals surface area contributed by atoms with Crippen LogP contribution in [0.5, 0.6) is 0 Å². The van der Waals surface area contributed by atoms with Crippen LogP contribution in [0.3, 0.4) is 0 Å². The lowest BCUT2D eigenvalue weighted by Gasteiger charge is -2.09. The molecule has 0 saturated carbocycles. The van der Waals surface area contributed by atoms with Crippen molar-refractivity contribution >= 4 is 67.7 Å². The molecular weight excluding hydrogens is 459 g/mol. The number of nitrogens with zero attached hydrogens (tertiary/aromatic N) is 2. The molecular formula is C21H16ClFN4O2S2. The highest BCUT2D eigenvalue weighted by Crippen LogP contribution is 2.37.